The van der Waals surface area contributed by atoms with Crippen molar-refractivity contribution in [1.29, 1.82) is 0 Å². The zero-order valence-corrected chi connectivity index (χ0v) is 10.6. The van der Waals surface area contributed by atoms with Crippen LogP contribution in [0.3, 0.4) is 0 Å². The fourth-order valence-corrected chi connectivity index (χ4v) is 3.07. The average Bonchev–Trinajstić information content (AvgIpc) is 2.60. The Labute approximate surface area is 102 Å². The van der Waals surface area contributed by atoms with E-state index in [2.05, 4.69) is 40.5 Å². The number of aromatic nitrogens is 2. The van der Waals surface area contributed by atoms with Crippen LogP contribution in [0.4, 0.5) is 5.82 Å². The van der Waals surface area contributed by atoms with E-state index in [4.69, 9.17) is 0 Å². The van der Waals surface area contributed by atoms with Gasteiger partial charge in [-0.1, -0.05) is 6.92 Å². The number of rotatable bonds is 3. The van der Waals surface area contributed by atoms with Gasteiger partial charge in [-0.25, -0.2) is 0 Å². The van der Waals surface area contributed by atoms with Crippen LogP contribution in [0.1, 0.15) is 43.5 Å². The van der Waals surface area contributed by atoms with Crippen molar-refractivity contribution in [3.05, 3.63) is 17.3 Å². The lowest BCUT2D eigenvalue weighted by Crippen LogP contribution is -2.34. The Bertz CT molecular complexity index is 418. The lowest BCUT2D eigenvalue weighted by molar-refractivity contribution is 0.221. The van der Waals surface area contributed by atoms with Gasteiger partial charge in [-0.05, 0) is 37.9 Å². The van der Waals surface area contributed by atoms with Crippen molar-refractivity contribution >= 4 is 5.82 Å². The zero-order valence-electron chi connectivity index (χ0n) is 10.6. The van der Waals surface area contributed by atoms with Crippen molar-refractivity contribution in [3.8, 4) is 0 Å². The van der Waals surface area contributed by atoms with Crippen molar-refractivity contribution in [1.82, 2.24) is 15.1 Å². The standard InChI is InChI=1S/C13H20N4/c1-3-6-14-13-8-10-11(15-16-13)7-9-4-5-12(10)17(9)2/h8-9,12H,3-7H2,1-2H3,(H,14,16). The Hall–Kier alpha value is -1.16. The van der Waals surface area contributed by atoms with E-state index in [0.29, 0.717) is 12.1 Å². The maximum absolute atomic E-state index is 4.41. The molecular weight excluding hydrogens is 212 g/mol. The van der Waals surface area contributed by atoms with E-state index in [1.54, 1.807) is 0 Å². The van der Waals surface area contributed by atoms with Gasteiger partial charge < -0.3 is 5.32 Å². The highest BCUT2D eigenvalue weighted by Gasteiger charge is 2.38. The van der Waals surface area contributed by atoms with Gasteiger partial charge in [0.2, 0.25) is 0 Å². The van der Waals surface area contributed by atoms with Gasteiger partial charge in [-0.15, -0.1) is 5.10 Å². The molecule has 0 radical (unpaired) electrons. The molecule has 92 valence electrons. The minimum atomic E-state index is 0.571. The Morgan fingerprint density at radius 2 is 2.29 bits per heavy atom. The highest BCUT2D eigenvalue weighted by Crippen LogP contribution is 2.41. The Balaban J connectivity index is 1.89. The van der Waals surface area contributed by atoms with E-state index in [1.807, 2.05) is 0 Å². The summed E-state index contributed by atoms with van der Waals surface area (Å²) in [6.07, 6.45) is 4.76. The van der Waals surface area contributed by atoms with Crippen LogP contribution in [0.2, 0.25) is 0 Å². The molecule has 3 heterocycles. The molecule has 1 aromatic rings. The molecule has 0 aliphatic carbocycles. The maximum Gasteiger partial charge on any atom is 0.148 e. The average molecular weight is 232 g/mol. The normalized spacial score (nSPS) is 26.9. The SMILES string of the molecule is CCCNc1cc2c(nn1)CC1CCC2N1C. The van der Waals surface area contributed by atoms with Crippen LogP contribution in [0, 0.1) is 0 Å². The second-order valence-electron chi connectivity index (χ2n) is 5.17. The van der Waals surface area contributed by atoms with Crippen LogP contribution in [0.5, 0.6) is 0 Å². The smallest absolute Gasteiger partial charge is 0.148 e. The monoisotopic (exact) mass is 232 g/mol. The maximum atomic E-state index is 4.41. The first-order valence-corrected chi connectivity index (χ1v) is 6.62. The van der Waals surface area contributed by atoms with Gasteiger partial charge >= 0.3 is 0 Å². The van der Waals surface area contributed by atoms with Gasteiger partial charge in [-0.3, -0.25) is 4.90 Å². The van der Waals surface area contributed by atoms with Gasteiger partial charge in [0.1, 0.15) is 5.82 Å². The molecule has 0 aromatic carbocycles. The number of anilines is 1. The molecule has 0 amide bonds. The largest absolute Gasteiger partial charge is 0.369 e. The summed E-state index contributed by atoms with van der Waals surface area (Å²) in [6, 6.07) is 3.47. The third-order valence-corrected chi connectivity index (χ3v) is 4.09. The summed E-state index contributed by atoms with van der Waals surface area (Å²) >= 11 is 0. The van der Waals surface area contributed by atoms with E-state index >= 15 is 0 Å². The first-order chi connectivity index (χ1) is 8.29. The van der Waals surface area contributed by atoms with E-state index < -0.39 is 0 Å². The summed E-state index contributed by atoms with van der Waals surface area (Å²) in [5, 5.41) is 12.0. The molecule has 1 aromatic heterocycles. The molecule has 2 aliphatic heterocycles. The van der Waals surface area contributed by atoms with Gasteiger partial charge in [0.25, 0.3) is 0 Å². The number of likely N-dealkylation sites (N-methyl/N-ethyl adjacent to an activating group) is 1. The summed E-state index contributed by atoms with van der Waals surface area (Å²) in [5.41, 5.74) is 2.62. The second-order valence-corrected chi connectivity index (χ2v) is 5.17. The van der Waals surface area contributed by atoms with Crippen LogP contribution >= 0.6 is 0 Å². The Morgan fingerprint density at radius 3 is 3.12 bits per heavy atom. The molecule has 1 fully saturated rings. The molecule has 2 aliphatic rings. The van der Waals surface area contributed by atoms with Crippen molar-refractivity contribution in [2.75, 3.05) is 18.9 Å². The highest BCUT2D eigenvalue weighted by molar-refractivity contribution is 5.41. The van der Waals surface area contributed by atoms with Crippen LogP contribution in [0.25, 0.3) is 0 Å². The summed E-state index contributed by atoms with van der Waals surface area (Å²) in [7, 11) is 2.24. The number of nitrogens with zero attached hydrogens (tertiary/aromatic N) is 3. The first kappa shape index (κ1) is 11.0. The molecule has 1 N–H and O–H groups in total. The van der Waals surface area contributed by atoms with Crippen molar-refractivity contribution < 1.29 is 0 Å². The summed E-state index contributed by atoms with van der Waals surface area (Å²) in [4.78, 5) is 2.51. The van der Waals surface area contributed by atoms with Crippen LogP contribution in [-0.2, 0) is 6.42 Å². The van der Waals surface area contributed by atoms with Gasteiger partial charge in [0, 0.05) is 25.0 Å². The third-order valence-electron chi connectivity index (χ3n) is 4.09. The second kappa shape index (κ2) is 4.26. The predicted molar refractivity (Wildman–Crippen MR) is 68.0 cm³/mol. The fraction of sp³-hybridized carbons (Fsp3) is 0.692. The molecule has 0 saturated carbocycles. The summed E-state index contributed by atoms with van der Waals surface area (Å²) in [6.45, 7) is 3.13. The van der Waals surface area contributed by atoms with Crippen LogP contribution < -0.4 is 5.32 Å². The molecule has 2 atom stereocenters. The summed E-state index contributed by atoms with van der Waals surface area (Å²) in [5.74, 6) is 0.935. The number of nitrogens with one attached hydrogen (secondary N) is 1. The number of hydrogen-bond donors (Lipinski definition) is 1. The lowest BCUT2D eigenvalue weighted by Gasteiger charge is -2.32. The molecule has 1 saturated heterocycles. The van der Waals surface area contributed by atoms with E-state index in [0.717, 1.165) is 25.2 Å². The van der Waals surface area contributed by atoms with Crippen LogP contribution in [0.15, 0.2) is 6.07 Å². The Morgan fingerprint density at radius 1 is 1.41 bits per heavy atom. The van der Waals surface area contributed by atoms with E-state index in [-0.39, 0.29) is 0 Å². The predicted octanol–water partition coefficient (Wildman–Crippen LogP) is 1.99. The number of fused-ring (bicyclic) bond motifs is 4. The zero-order chi connectivity index (χ0) is 11.8. The molecule has 2 unspecified atom stereocenters. The topological polar surface area (TPSA) is 41.1 Å². The molecule has 0 spiro atoms. The minimum absolute atomic E-state index is 0.571. The van der Waals surface area contributed by atoms with Gasteiger partial charge in [-0.2, -0.15) is 5.10 Å². The molecule has 2 bridgehead atoms. The molecule has 3 rings (SSSR count). The van der Waals surface area contributed by atoms with E-state index in [1.165, 1.54) is 24.1 Å². The fourth-order valence-electron chi connectivity index (χ4n) is 3.07. The minimum Gasteiger partial charge on any atom is -0.369 e. The highest BCUT2D eigenvalue weighted by atomic mass is 15.2. The Kier molecular flexibility index (Phi) is 2.74. The quantitative estimate of drug-likeness (QED) is 0.865. The molecular formula is C13H20N4. The molecule has 4 heteroatoms. The van der Waals surface area contributed by atoms with Crippen molar-refractivity contribution in [2.45, 2.75) is 44.7 Å². The molecule has 4 nitrogen and oxygen atoms in total. The third kappa shape index (κ3) is 1.80. The van der Waals surface area contributed by atoms with Gasteiger partial charge in [0.15, 0.2) is 0 Å². The van der Waals surface area contributed by atoms with Crippen LogP contribution in [-0.4, -0.2) is 34.7 Å². The summed E-state index contributed by atoms with van der Waals surface area (Å²) < 4.78 is 0. The first-order valence-electron chi connectivity index (χ1n) is 6.62. The van der Waals surface area contributed by atoms with Crippen molar-refractivity contribution in [2.24, 2.45) is 0 Å². The van der Waals surface area contributed by atoms with Gasteiger partial charge in [0.05, 0.1) is 5.69 Å². The molecule has 17 heavy (non-hydrogen) atoms. The van der Waals surface area contributed by atoms with E-state index in [9.17, 15) is 0 Å². The lowest BCUT2D eigenvalue weighted by atomic mass is 9.99. The number of hydrogen-bond acceptors (Lipinski definition) is 4. The van der Waals surface area contributed by atoms with Crippen molar-refractivity contribution in [3.63, 3.8) is 0 Å².